The van der Waals surface area contributed by atoms with E-state index in [9.17, 15) is 39.0 Å². The van der Waals surface area contributed by atoms with E-state index in [0.717, 1.165) is 0 Å². The van der Waals surface area contributed by atoms with E-state index in [1.54, 1.807) is 0 Å². The van der Waals surface area contributed by atoms with Gasteiger partial charge < -0.3 is 48.7 Å². The zero-order chi connectivity index (χ0) is 33.4. The van der Waals surface area contributed by atoms with Gasteiger partial charge >= 0.3 is 5.97 Å². The van der Waals surface area contributed by atoms with Gasteiger partial charge in [-0.1, -0.05) is 26.0 Å². The highest BCUT2D eigenvalue weighted by molar-refractivity contribution is 5.95. The molecule has 0 bridgehead atoms. The number of unbranched alkanes of at least 4 members (excludes halogenated alkanes) is 1. The van der Waals surface area contributed by atoms with Gasteiger partial charge in [0.15, 0.2) is 0 Å². The number of phenols is 1. The van der Waals surface area contributed by atoms with Gasteiger partial charge in [0.1, 0.15) is 29.9 Å². The van der Waals surface area contributed by atoms with E-state index in [4.69, 9.17) is 17.2 Å². The molecular weight excluding hydrogens is 574 g/mol. The molecule has 0 fully saturated rings. The van der Waals surface area contributed by atoms with Crippen molar-refractivity contribution in [1.29, 1.82) is 0 Å². The van der Waals surface area contributed by atoms with Crippen molar-refractivity contribution in [3.63, 3.8) is 0 Å². The van der Waals surface area contributed by atoms with Crippen LogP contribution in [0.15, 0.2) is 24.3 Å². The fourth-order valence-corrected chi connectivity index (χ4v) is 4.21. The number of carbonyl (C=O) groups excluding carboxylic acids is 5. The molecule has 246 valence electrons. The molecule has 0 aliphatic carbocycles. The van der Waals surface area contributed by atoms with E-state index in [0.29, 0.717) is 24.9 Å². The molecule has 15 nitrogen and oxygen atoms in total. The highest BCUT2D eigenvalue weighted by atomic mass is 16.4. The summed E-state index contributed by atoms with van der Waals surface area (Å²) in [7, 11) is 0. The molecular formula is C29H47N7O8. The Kier molecular flexibility index (Phi) is 16.4. The third-order valence-electron chi connectivity index (χ3n) is 6.64. The van der Waals surface area contributed by atoms with Crippen LogP contribution in [0.3, 0.4) is 0 Å². The van der Waals surface area contributed by atoms with Crippen LogP contribution in [0.1, 0.15) is 64.9 Å². The molecule has 44 heavy (non-hydrogen) atoms. The molecule has 5 atom stereocenters. The number of carbonyl (C=O) groups is 6. The van der Waals surface area contributed by atoms with Gasteiger partial charge in [0.25, 0.3) is 0 Å². The summed E-state index contributed by atoms with van der Waals surface area (Å²) in [6, 6.07) is 0.106. The van der Waals surface area contributed by atoms with E-state index in [1.807, 2.05) is 13.8 Å². The van der Waals surface area contributed by atoms with Gasteiger partial charge in [-0.15, -0.1) is 0 Å². The zero-order valence-corrected chi connectivity index (χ0v) is 25.5. The van der Waals surface area contributed by atoms with E-state index in [1.165, 1.54) is 31.2 Å². The van der Waals surface area contributed by atoms with Gasteiger partial charge in [-0.2, -0.15) is 0 Å². The van der Waals surface area contributed by atoms with Crippen LogP contribution in [-0.4, -0.2) is 82.5 Å². The third kappa shape index (κ3) is 14.3. The van der Waals surface area contributed by atoms with Crippen molar-refractivity contribution < 1.29 is 39.0 Å². The van der Waals surface area contributed by atoms with Gasteiger partial charge in [-0.05, 0) is 69.2 Å². The molecule has 0 spiro atoms. The first-order valence-corrected chi connectivity index (χ1v) is 14.6. The maximum atomic E-state index is 13.6. The Morgan fingerprint density at radius 1 is 0.750 bits per heavy atom. The second-order valence-electron chi connectivity index (χ2n) is 11.2. The number of hydrogen-bond acceptors (Lipinski definition) is 9. The monoisotopic (exact) mass is 621 g/mol. The van der Waals surface area contributed by atoms with Gasteiger partial charge in [-0.25, -0.2) is 4.79 Å². The fraction of sp³-hybridized carbons (Fsp3) is 0.586. The minimum atomic E-state index is -1.46. The molecule has 1 aromatic rings. The Morgan fingerprint density at radius 2 is 1.27 bits per heavy atom. The number of aromatic hydroxyl groups is 1. The van der Waals surface area contributed by atoms with Crippen LogP contribution in [-0.2, 0) is 35.2 Å². The van der Waals surface area contributed by atoms with Crippen molar-refractivity contribution in [1.82, 2.24) is 21.3 Å². The lowest BCUT2D eigenvalue weighted by Gasteiger charge is -2.27. The molecule has 1 rings (SSSR count). The number of phenolic OH excluding ortho intramolecular Hbond substituents is 1. The number of carboxylic acid groups (broad SMARTS) is 1. The molecule has 0 heterocycles. The smallest absolute Gasteiger partial charge is 0.326 e. The van der Waals surface area contributed by atoms with E-state index >= 15 is 0 Å². The molecule has 0 aliphatic rings. The predicted molar refractivity (Wildman–Crippen MR) is 162 cm³/mol. The molecule has 0 unspecified atom stereocenters. The standard InChI is InChI=1S/C29H47N7O8/c1-16(2)14-22(35-25(39)17(3)31)27(41)33-20(6-4-5-13-30)26(40)36-23(15-18-7-9-19(37)10-8-18)28(42)34-21(29(43)44)11-12-24(32)38/h7-10,16-17,20-23,37H,4-6,11-15,30-31H2,1-3H3,(H2,32,38)(H,33,41)(H,34,42)(H,35,39)(H,36,40)(H,43,44)/t17-,20-,21-,22-,23-/m0/s1. The Balaban J connectivity index is 3.28. The quantitative estimate of drug-likeness (QED) is 0.0780. The van der Waals surface area contributed by atoms with Crippen LogP contribution in [0.5, 0.6) is 5.75 Å². The van der Waals surface area contributed by atoms with Crippen molar-refractivity contribution in [3.8, 4) is 5.75 Å². The van der Waals surface area contributed by atoms with Gasteiger partial charge in [0.05, 0.1) is 6.04 Å². The number of nitrogens with two attached hydrogens (primary N) is 3. The van der Waals surface area contributed by atoms with Crippen molar-refractivity contribution in [2.75, 3.05) is 6.54 Å². The normalized spacial score (nSPS) is 14.4. The summed E-state index contributed by atoms with van der Waals surface area (Å²) in [6.07, 6.45) is 0.789. The Bertz CT molecular complexity index is 1130. The molecule has 0 radical (unpaired) electrons. The Hall–Kier alpha value is -4.24. The largest absolute Gasteiger partial charge is 0.508 e. The number of rotatable bonds is 20. The van der Waals surface area contributed by atoms with Crippen LogP contribution in [0.4, 0.5) is 0 Å². The highest BCUT2D eigenvalue weighted by Gasteiger charge is 2.32. The lowest BCUT2D eigenvalue weighted by Crippen LogP contribution is -2.58. The van der Waals surface area contributed by atoms with Crippen molar-refractivity contribution in [3.05, 3.63) is 29.8 Å². The number of aliphatic carboxylic acids is 1. The summed E-state index contributed by atoms with van der Waals surface area (Å²) in [4.78, 5) is 75.4. The number of amides is 5. The first-order chi connectivity index (χ1) is 20.6. The molecule has 5 amide bonds. The molecule has 15 heteroatoms. The SMILES string of the molecule is CC(C)C[C@H](NC(=O)[C@H](C)N)C(=O)N[C@@H](CCCCN)C(=O)N[C@@H](Cc1ccc(O)cc1)C(=O)N[C@@H](CCC(N)=O)C(=O)O. The molecule has 0 saturated carbocycles. The van der Waals surface area contributed by atoms with Crippen LogP contribution in [0.2, 0.25) is 0 Å². The average Bonchev–Trinajstić information content (AvgIpc) is 2.94. The van der Waals surface area contributed by atoms with Crippen molar-refractivity contribution in [2.45, 2.75) is 95.9 Å². The fourth-order valence-electron chi connectivity index (χ4n) is 4.21. The summed E-state index contributed by atoms with van der Waals surface area (Å²) in [6.45, 7) is 5.55. The highest BCUT2D eigenvalue weighted by Crippen LogP contribution is 2.13. The maximum absolute atomic E-state index is 13.6. The molecule has 12 N–H and O–H groups in total. The van der Waals surface area contributed by atoms with Crippen LogP contribution in [0.25, 0.3) is 0 Å². The van der Waals surface area contributed by atoms with Crippen LogP contribution in [0, 0.1) is 5.92 Å². The number of primary amides is 1. The number of benzene rings is 1. The van der Waals surface area contributed by atoms with E-state index < -0.39 is 65.7 Å². The average molecular weight is 622 g/mol. The topological polar surface area (TPSA) is 269 Å². The molecule has 1 aromatic carbocycles. The van der Waals surface area contributed by atoms with Crippen LogP contribution < -0.4 is 38.5 Å². The summed E-state index contributed by atoms with van der Waals surface area (Å²) in [5.74, 6) is -4.88. The maximum Gasteiger partial charge on any atom is 0.326 e. The van der Waals surface area contributed by atoms with Crippen LogP contribution >= 0.6 is 0 Å². The summed E-state index contributed by atoms with van der Waals surface area (Å²) >= 11 is 0. The van der Waals surface area contributed by atoms with Gasteiger partial charge in [0, 0.05) is 12.8 Å². The predicted octanol–water partition coefficient (Wildman–Crippen LogP) is -1.25. The van der Waals surface area contributed by atoms with E-state index in [2.05, 4.69) is 21.3 Å². The van der Waals surface area contributed by atoms with Crippen molar-refractivity contribution in [2.24, 2.45) is 23.1 Å². The lowest BCUT2D eigenvalue weighted by atomic mass is 10.0. The zero-order valence-electron chi connectivity index (χ0n) is 25.5. The first kappa shape index (κ1) is 37.8. The number of hydrogen-bond donors (Lipinski definition) is 9. The van der Waals surface area contributed by atoms with Gasteiger partial charge in [0.2, 0.25) is 29.5 Å². The summed E-state index contributed by atoms with van der Waals surface area (Å²) in [5.41, 5.74) is 16.9. The molecule has 0 saturated heterocycles. The van der Waals surface area contributed by atoms with E-state index in [-0.39, 0.29) is 43.8 Å². The Labute approximate surface area is 257 Å². The minimum Gasteiger partial charge on any atom is -0.508 e. The molecule has 0 aromatic heterocycles. The second-order valence-corrected chi connectivity index (χ2v) is 11.2. The number of carboxylic acids is 1. The second kappa shape index (κ2) is 19.1. The van der Waals surface area contributed by atoms with Crippen molar-refractivity contribution >= 4 is 35.5 Å². The summed E-state index contributed by atoms with van der Waals surface area (Å²) < 4.78 is 0. The third-order valence-corrected chi connectivity index (χ3v) is 6.64. The minimum absolute atomic E-state index is 0.0128. The summed E-state index contributed by atoms with van der Waals surface area (Å²) in [5, 5.41) is 29.4. The first-order valence-electron chi connectivity index (χ1n) is 14.6. The van der Waals surface area contributed by atoms with Gasteiger partial charge in [-0.3, -0.25) is 24.0 Å². The Morgan fingerprint density at radius 3 is 1.80 bits per heavy atom. The number of nitrogens with one attached hydrogen (secondary N) is 4. The lowest BCUT2D eigenvalue weighted by molar-refractivity contribution is -0.142. The molecule has 0 aliphatic heterocycles.